The number of sulfonamides is 1. The van der Waals surface area contributed by atoms with Crippen LogP contribution in [-0.2, 0) is 14.8 Å². The number of hydrogen-bond donors (Lipinski definition) is 0. The van der Waals surface area contributed by atoms with Crippen LogP contribution >= 0.6 is 12.2 Å². The van der Waals surface area contributed by atoms with Gasteiger partial charge in [0.15, 0.2) is 5.75 Å². The Morgan fingerprint density at radius 1 is 1.26 bits per heavy atom. The van der Waals surface area contributed by atoms with Crippen LogP contribution in [0.1, 0.15) is 0 Å². The number of piperazine rings is 1. The van der Waals surface area contributed by atoms with Crippen LogP contribution in [0.3, 0.4) is 0 Å². The molecule has 1 aromatic rings. The predicted molar refractivity (Wildman–Crippen MR) is 100 cm³/mol. The molecule has 0 spiro atoms. The largest absolute Gasteiger partial charge is 0.490 e. The molecule has 3 rings (SSSR count). The standard InChI is InChI=1S/C15H20N4O6S2/c1-24-14-3-2-12(10-13(14)19(20)21)27(22,23)18-6-4-16(5-7-18)11-17-8-9-25-15(17)26/h2-3,10H,4-9,11H2,1H3. The summed E-state index contributed by atoms with van der Waals surface area (Å²) in [5, 5.41) is 11.6. The van der Waals surface area contributed by atoms with Gasteiger partial charge < -0.3 is 14.4 Å². The van der Waals surface area contributed by atoms with Crippen molar-refractivity contribution in [3.05, 3.63) is 28.3 Å². The van der Waals surface area contributed by atoms with Crippen molar-refractivity contribution in [3.63, 3.8) is 0 Å². The molecule has 0 atom stereocenters. The van der Waals surface area contributed by atoms with E-state index >= 15 is 0 Å². The lowest BCUT2D eigenvalue weighted by molar-refractivity contribution is -0.386. The molecule has 2 aliphatic heterocycles. The van der Waals surface area contributed by atoms with E-state index in [2.05, 4.69) is 4.90 Å². The van der Waals surface area contributed by atoms with Gasteiger partial charge in [0.2, 0.25) is 10.0 Å². The topological polar surface area (TPSA) is 105 Å². The smallest absolute Gasteiger partial charge is 0.312 e. The van der Waals surface area contributed by atoms with Crippen LogP contribution in [0.4, 0.5) is 5.69 Å². The number of rotatable bonds is 6. The van der Waals surface area contributed by atoms with Crippen LogP contribution in [0, 0.1) is 10.1 Å². The molecule has 1 aromatic carbocycles. The van der Waals surface area contributed by atoms with Crippen molar-refractivity contribution in [3.8, 4) is 5.75 Å². The predicted octanol–water partition coefficient (Wildman–Crippen LogP) is 0.484. The molecule has 2 aliphatic rings. The quantitative estimate of drug-likeness (QED) is 0.372. The van der Waals surface area contributed by atoms with Crippen LogP contribution in [-0.4, -0.2) is 85.7 Å². The van der Waals surface area contributed by atoms with Gasteiger partial charge in [0.25, 0.3) is 5.17 Å². The second-order valence-electron chi connectivity index (χ2n) is 6.13. The average Bonchev–Trinajstić information content (AvgIpc) is 3.06. The van der Waals surface area contributed by atoms with Crippen LogP contribution in [0.15, 0.2) is 23.1 Å². The van der Waals surface area contributed by atoms with Gasteiger partial charge in [-0.05, 0) is 24.4 Å². The monoisotopic (exact) mass is 416 g/mol. The molecule has 10 nitrogen and oxygen atoms in total. The number of nitrogens with zero attached hydrogens (tertiary/aromatic N) is 4. The van der Waals surface area contributed by atoms with Gasteiger partial charge in [-0.15, -0.1) is 0 Å². The summed E-state index contributed by atoms with van der Waals surface area (Å²) in [6.45, 7) is 3.57. The van der Waals surface area contributed by atoms with E-state index in [-0.39, 0.29) is 16.3 Å². The third-order valence-corrected chi connectivity index (χ3v) is 6.80. The summed E-state index contributed by atoms with van der Waals surface area (Å²) >= 11 is 5.11. The van der Waals surface area contributed by atoms with Crippen molar-refractivity contribution < 1.29 is 22.8 Å². The Balaban J connectivity index is 1.69. The van der Waals surface area contributed by atoms with E-state index in [4.69, 9.17) is 21.7 Å². The molecule has 0 aliphatic carbocycles. The van der Waals surface area contributed by atoms with Crippen molar-refractivity contribution in [2.75, 3.05) is 53.1 Å². The second-order valence-corrected chi connectivity index (χ2v) is 8.42. The van der Waals surface area contributed by atoms with Gasteiger partial charge in [-0.3, -0.25) is 15.0 Å². The van der Waals surface area contributed by atoms with E-state index < -0.39 is 14.9 Å². The zero-order valence-corrected chi connectivity index (χ0v) is 16.4. The van der Waals surface area contributed by atoms with E-state index in [0.29, 0.717) is 44.6 Å². The fourth-order valence-corrected chi connectivity index (χ4v) is 4.70. The number of nitro benzene ring substituents is 1. The minimum absolute atomic E-state index is 0.0209. The highest BCUT2D eigenvalue weighted by Gasteiger charge is 2.31. The molecule has 12 heteroatoms. The highest BCUT2D eigenvalue weighted by atomic mass is 32.2. The molecule has 0 bridgehead atoms. The maximum absolute atomic E-state index is 12.9. The lowest BCUT2D eigenvalue weighted by Gasteiger charge is -2.35. The first-order valence-corrected chi connectivity index (χ1v) is 10.1. The number of thiocarbonyl (C=S) groups is 1. The maximum Gasteiger partial charge on any atom is 0.312 e. The SMILES string of the molecule is COc1ccc(S(=O)(=O)N2CCN(CN3CCOC3=S)CC2)cc1[N+](=O)[O-]. The summed E-state index contributed by atoms with van der Waals surface area (Å²) in [5.74, 6) is 0.0209. The van der Waals surface area contributed by atoms with Gasteiger partial charge >= 0.3 is 5.69 Å². The fourth-order valence-electron chi connectivity index (χ4n) is 3.03. The minimum atomic E-state index is -3.82. The number of methoxy groups -OCH3 is 1. The van der Waals surface area contributed by atoms with E-state index in [9.17, 15) is 18.5 Å². The zero-order chi connectivity index (χ0) is 19.6. The lowest BCUT2D eigenvalue weighted by atomic mass is 10.3. The molecule has 148 valence electrons. The Bertz CT molecular complexity index is 839. The molecule has 2 heterocycles. The molecule has 0 amide bonds. The van der Waals surface area contributed by atoms with Crippen molar-refractivity contribution in [2.45, 2.75) is 4.90 Å². The summed E-state index contributed by atoms with van der Waals surface area (Å²) in [4.78, 5) is 14.4. The van der Waals surface area contributed by atoms with Gasteiger partial charge in [0.05, 0.1) is 30.1 Å². The first-order valence-electron chi connectivity index (χ1n) is 8.29. The van der Waals surface area contributed by atoms with Crippen molar-refractivity contribution in [1.29, 1.82) is 0 Å². The summed E-state index contributed by atoms with van der Waals surface area (Å²) in [7, 11) is -2.52. The number of hydrogen-bond acceptors (Lipinski definition) is 8. The molecule has 2 fully saturated rings. The summed E-state index contributed by atoms with van der Waals surface area (Å²) < 4.78 is 37.2. The Hall–Kier alpha value is -2.02. The summed E-state index contributed by atoms with van der Waals surface area (Å²) in [6.07, 6.45) is 0. The van der Waals surface area contributed by atoms with E-state index in [1.165, 1.54) is 23.5 Å². The third kappa shape index (κ3) is 4.13. The van der Waals surface area contributed by atoms with E-state index in [0.717, 1.165) is 12.6 Å². The fraction of sp³-hybridized carbons (Fsp3) is 0.533. The highest BCUT2D eigenvalue weighted by molar-refractivity contribution is 7.89. The molecule has 27 heavy (non-hydrogen) atoms. The van der Waals surface area contributed by atoms with Crippen molar-refractivity contribution >= 4 is 33.1 Å². The average molecular weight is 416 g/mol. The van der Waals surface area contributed by atoms with Gasteiger partial charge in [-0.1, -0.05) is 0 Å². The molecular formula is C15H20N4O6S2. The van der Waals surface area contributed by atoms with Crippen LogP contribution in [0.2, 0.25) is 0 Å². The Labute approximate surface area is 162 Å². The van der Waals surface area contributed by atoms with Gasteiger partial charge in [-0.25, -0.2) is 8.42 Å². The number of nitro groups is 1. The van der Waals surface area contributed by atoms with Crippen LogP contribution < -0.4 is 4.74 Å². The normalized spacial score (nSPS) is 19.1. The first kappa shape index (κ1) is 19.7. The van der Waals surface area contributed by atoms with Crippen LogP contribution in [0.25, 0.3) is 0 Å². The number of ether oxygens (including phenoxy) is 2. The molecule has 0 radical (unpaired) electrons. The zero-order valence-electron chi connectivity index (χ0n) is 14.7. The van der Waals surface area contributed by atoms with Crippen molar-refractivity contribution in [2.24, 2.45) is 0 Å². The molecular weight excluding hydrogens is 396 g/mol. The summed E-state index contributed by atoms with van der Waals surface area (Å²) in [5.41, 5.74) is -0.375. The maximum atomic E-state index is 12.9. The molecule has 0 saturated carbocycles. The van der Waals surface area contributed by atoms with Crippen molar-refractivity contribution in [1.82, 2.24) is 14.1 Å². The third-order valence-electron chi connectivity index (χ3n) is 4.53. The summed E-state index contributed by atoms with van der Waals surface area (Å²) in [6, 6.07) is 3.67. The molecule has 2 saturated heterocycles. The first-order chi connectivity index (χ1) is 12.8. The van der Waals surface area contributed by atoms with Crippen LogP contribution in [0.5, 0.6) is 5.75 Å². The molecule has 0 aromatic heterocycles. The van der Waals surface area contributed by atoms with E-state index in [1.807, 2.05) is 4.90 Å². The van der Waals surface area contributed by atoms with Gasteiger partial charge in [0.1, 0.15) is 6.61 Å². The Kier molecular flexibility index (Phi) is 5.79. The number of benzene rings is 1. The highest BCUT2D eigenvalue weighted by Crippen LogP contribution is 2.30. The minimum Gasteiger partial charge on any atom is -0.490 e. The molecule has 0 N–H and O–H groups in total. The second kappa shape index (κ2) is 7.92. The van der Waals surface area contributed by atoms with Gasteiger partial charge in [0, 0.05) is 32.2 Å². The Morgan fingerprint density at radius 2 is 1.96 bits per heavy atom. The van der Waals surface area contributed by atoms with E-state index in [1.54, 1.807) is 0 Å². The lowest BCUT2D eigenvalue weighted by Crippen LogP contribution is -2.51. The Morgan fingerprint density at radius 3 is 2.52 bits per heavy atom. The molecule has 0 unspecified atom stereocenters. The van der Waals surface area contributed by atoms with Gasteiger partial charge in [-0.2, -0.15) is 4.31 Å².